The smallest absolute Gasteiger partial charge is 0.421 e. The Kier molecular flexibility index (Phi) is 7.19. The van der Waals surface area contributed by atoms with Crippen molar-refractivity contribution in [3.63, 3.8) is 0 Å². The van der Waals surface area contributed by atoms with Crippen molar-refractivity contribution < 1.29 is 22.6 Å². The van der Waals surface area contributed by atoms with Gasteiger partial charge in [0.15, 0.2) is 0 Å². The van der Waals surface area contributed by atoms with Gasteiger partial charge in [-0.3, -0.25) is 0 Å². The zero-order valence-electron chi connectivity index (χ0n) is 21.6. The van der Waals surface area contributed by atoms with Crippen LogP contribution in [-0.4, -0.2) is 71.4 Å². The van der Waals surface area contributed by atoms with E-state index in [4.69, 9.17) is 9.47 Å². The summed E-state index contributed by atoms with van der Waals surface area (Å²) in [5.41, 5.74) is 1.35. The van der Waals surface area contributed by atoms with Gasteiger partial charge in [-0.1, -0.05) is 0 Å². The lowest BCUT2D eigenvalue weighted by Gasteiger charge is -2.37. The van der Waals surface area contributed by atoms with E-state index in [1.807, 2.05) is 4.90 Å². The molecule has 0 spiro atoms. The molecule has 3 aliphatic rings. The summed E-state index contributed by atoms with van der Waals surface area (Å²) in [4.78, 5) is 17.3. The Hall–Kier alpha value is -2.66. The van der Waals surface area contributed by atoms with Crippen molar-refractivity contribution >= 4 is 11.5 Å². The maximum atomic E-state index is 13.6. The van der Waals surface area contributed by atoms with Crippen LogP contribution in [0.3, 0.4) is 0 Å². The highest BCUT2D eigenvalue weighted by Crippen LogP contribution is 2.38. The molecular formula is C26H35F3N6O2. The van der Waals surface area contributed by atoms with Gasteiger partial charge in [0.05, 0.1) is 30.3 Å². The monoisotopic (exact) mass is 520 g/mol. The molecule has 2 unspecified atom stereocenters. The lowest BCUT2D eigenvalue weighted by atomic mass is 9.88. The van der Waals surface area contributed by atoms with Crippen molar-refractivity contribution in [2.24, 2.45) is 5.92 Å². The molecule has 3 aliphatic heterocycles. The van der Waals surface area contributed by atoms with E-state index in [1.165, 1.54) is 13.3 Å². The first-order chi connectivity index (χ1) is 17.6. The maximum Gasteiger partial charge on any atom is 0.421 e. The van der Waals surface area contributed by atoms with Gasteiger partial charge in [-0.05, 0) is 45.1 Å². The summed E-state index contributed by atoms with van der Waals surface area (Å²) < 4.78 is 51.4. The zero-order valence-corrected chi connectivity index (χ0v) is 21.6. The molecule has 37 heavy (non-hydrogen) atoms. The molecule has 2 fully saturated rings. The molecule has 0 aliphatic carbocycles. The van der Waals surface area contributed by atoms with Gasteiger partial charge in [-0.2, -0.15) is 13.2 Å². The van der Waals surface area contributed by atoms with Crippen LogP contribution in [0.4, 0.5) is 24.7 Å². The van der Waals surface area contributed by atoms with E-state index in [-0.39, 0.29) is 11.6 Å². The number of nitrogens with one attached hydrogen (secondary N) is 1. The highest BCUT2D eigenvalue weighted by Gasteiger charge is 2.37. The third kappa shape index (κ3) is 5.93. The molecule has 11 heteroatoms. The minimum atomic E-state index is -4.55. The number of hydrogen-bond donors (Lipinski definition) is 1. The average molecular weight is 521 g/mol. The summed E-state index contributed by atoms with van der Waals surface area (Å²) in [5.74, 6) is 0.989. The van der Waals surface area contributed by atoms with Crippen molar-refractivity contribution in [1.82, 2.24) is 19.9 Å². The number of halogens is 3. The molecule has 5 rings (SSSR count). The number of fused-ring (bicyclic) bond motifs is 1. The number of likely N-dealkylation sites (tertiary alicyclic amines) is 1. The van der Waals surface area contributed by atoms with Gasteiger partial charge < -0.3 is 24.6 Å². The van der Waals surface area contributed by atoms with E-state index in [1.54, 1.807) is 6.33 Å². The number of methoxy groups -OCH3 is 1. The van der Waals surface area contributed by atoms with Gasteiger partial charge in [-0.25, -0.2) is 15.0 Å². The summed E-state index contributed by atoms with van der Waals surface area (Å²) in [7, 11) is 1.19. The molecule has 8 nitrogen and oxygen atoms in total. The third-order valence-corrected chi connectivity index (χ3v) is 7.63. The fraction of sp³-hybridized carbons (Fsp3) is 0.654. The molecule has 1 N–H and O–H groups in total. The van der Waals surface area contributed by atoms with E-state index >= 15 is 0 Å². The summed E-state index contributed by atoms with van der Waals surface area (Å²) >= 11 is 0. The predicted molar refractivity (Wildman–Crippen MR) is 134 cm³/mol. The maximum absolute atomic E-state index is 13.6. The van der Waals surface area contributed by atoms with Crippen LogP contribution in [0, 0.1) is 5.92 Å². The second-order valence-electron chi connectivity index (χ2n) is 10.9. The third-order valence-electron chi connectivity index (χ3n) is 7.63. The molecule has 0 amide bonds. The molecule has 0 aromatic carbocycles. The van der Waals surface area contributed by atoms with Crippen LogP contribution in [-0.2, 0) is 23.9 Å². The molecule has 0 radical (unpaired) electrons. The first kappa shape index (κ1) is 26.0. The van der Waals surface area contributed by atoms with Crippen molar-refractivity contribution in [1.29, 1.82) is 0 Å². The number of nitrogens with zero attached hydrogens (tertiary/aromatic N) is 5. The normalized spacial score (nSPS) is 24.1. The predicted octanol–water partition coefficient (Wildman–Crippen LogP) is 4.15. The molecule has 2 saturated heterocycles. The molecule has 5 heterocycles. The van der Waals surface area contributed by atoms with E-state index in [9.17, 15) is 13.2 Å². The van der Waals surface area contributed by atoms with Crippen LogP contribution in [0.5, 0.6) is 5.88 Å². The van der Waals surface area contributed by atoms with Crippen LogP contribution in [0.1, 0.15) is 49.9 Å². The molecule has 2 atom stereocenters. The second kappa shape index (κ2) is 10.2. The van der Waals surface area contributed by atoms with E-state index in [0.717, 1.165) is 68.6 Å². The molecule has 2 aromatic heterocycles. The lowest BCUT2D eigenvalue weighted by molar-refractivity contribution is -0.139. The Balaban J connectivity index is 1.26. The largest absolute Gasteiger partial charge is 0.481 e. The van der Waals surface area contributed by atoms with Crippen molar-refractivity contribution in [2.75, 3.05) is 50.1 Å². The summed E-state index contributed by atoms with van der Waals surface area (Å²) in [6.07, 6.45) is 2.28. The van der Waals surface area contributed by atoms with Crippen LogP contribution >= 0.6 is 0 Å². The zero-order chi connectivity index (χ0) is 26.2. The van der Waals surface area contributed by atoms with Gasteiger partial charge >= 0.3 is 6.18 Å². The topological polar surface area (TPSA) is 75.6 Å². The van der Waals surface area contributed by atoms with Crippen molar-refractivity contribution in [2.45, 2.75) is 63.9 Å². The molecule has 202 valence electrons. The van der Waals surface area contributed by atoms with Crippen molar-refractivity contribution in [3.05, 3.63) is 35.4 Å². The Morgan fingerprint density at radius 2 is 2.03 bits per heavy atom. The highest BCUT2D eigenvalue weighted by molar-refractivity contribution is 5.56. The quantitative estimate of drug-likeness (QED) is 0.609. The number of hydrogen-bond acceptors (Lipinski definition) is 8. The van der Waals surface area contributed by atoms with Gasteiger partial charge in [-0.15, -0.1) is 0 Å². The number of aromatic nitrogens is 3. The molecular weight excluding hydrogens is 485 g/mol. The van der Waals surface area contributed by atoms with E-state index in [0.29, 0.717) is 31.1 Å². The Morgan fingerprint density at radius 3 is 2.78 bits per heavy atom. The number of ether oxygens (including phenoxy) is 2. The Labute approximate surface area is 215 Å². The molecule has 0 bridgehead atoms. The number of rotatable bonds is 6. The lowest BCUT2D eigenvalue weighted by Crippen LogP contribution is -2.39. The summed E-state index contributed by atoms with van der Waals surface area (Å²) in [6.45, 7) is 9.18. The first-order valence-corrected chi connectivity index (χ1v) is 12.9. The van der Waals surface area contributed by atoms with Gasteiger partial charge in [0, 0.05) is 57.4 Å². The number of anilines is 2. The van der Waals surface area contributed by atoms with E-state index in [2.05, 4.69) is 39.0 Å². The van der Waals surface area contributed by atoms with Gasteiger partial charge in [0.25, 0.3) is 0 Å². The highest BCUT2D eigenvalue weighted by atomic mass is 19.4. The fourth-order valence-electron chi connectivity index (χ4n) is 5.85. The van der Waals surface area contributed by atoms with Gasteiger partial charge in [0.1, 0.15) is 17.7 Å². The standard InChI is InChI=1S/C26H35F3N6O2/c1-25(2)11-17(6-9-37-25)13-34-7-4-18(14-34)33-23-20-15-35(8-5-22(20)31-16-32-23)19-10-21(26(27,28)29)24(36-3)30-12-19/h10,12,16-18H,4-9,11,13-15H2,1-3H3,(H,31,32,33). The summed E-state index contributed by atoms with van der Waals surface area (Å²) in [6, 6.07) is 1.38. The molecule has 2 aromatic rings. The van der Waals surface area contributed by atoms with E-state index < -0.39 is 17.6 Å². The van der Waals surface area contributed by atoms with Crippen LogP contribution in [0.2, 0.25) is 0 Å². The van der Waals surface area contributed by atoms with Crippen LogP contribution < -0.4 is 15.0 Å². The number of pyridine rings is 1. The Morgan fingerprint density at radius 1 is 1.19 bits per heavy atom. The summed E-state index contributed by atoms with van der Waals surface area (Å²) in [5, 5.41) is 3.62. The van der Waals surface area contributed by atoms with Crippen molar-refractivity contribution in [3.8, 4) is 5.88 Å². The fourth-order valence-corrected chi connectivity index (χ4v) is 5.85. The van der Waals surface area contributed by atoms with Crippen LogP contribution in [0.15, 0.2) is 18.6 Å². The second-order valence-corrected chi connectivity index (χ2v) is 10.9. The SMILES string of the molecule is COc1ncc(N2CCc3ncnc(NC4CCN(CC5CCOC(C)(C)C5)C4)c3C2)cc1C(F)(F)F. The molecule has 0 saturated carbocycles. The van der Waals surface area contributed by atoms with Gasteiger partial charge in [0.2, 0.25) is 5.88 Å². The minimum absolute atomic E-state index is 0.0492. The number of alkyl halides is 3. The minimum Gasteiger partial charge on any atom is -0.481 e. The average Bonchev–Trinajstić information content (AvgIpc) is 3.29. The first-order valence-electron chi connectivity index (χ1n) is 12.9. The van der Waals surface area contributed by atoms with Crippen LogP contribution in [0.25, 0.3) is 0 Å². The Bertz CT molecular complexity index is 1110.